The van der Waals surface area contributed by atoms with Crippen molar-refractivity contribution in [3.63, 3.8) is 0 Å². The van der Waals surface area contributed by atoms with Gasteiger partial charge in [0.25, 0.3) is 5.69 Å². The molecule has 0 aliphatic carbocycles. The van der Waals surface area contributed by atoms with Crippen LogP contribution in [0.5, 0.6) is 0 Å². The van der Waals surface area contributed by atoms with Crippen molar-refractivity contribution < 1.29 is 19.7 Å². The first-order valence-electron chi connectivity index (χ1n) is 8.96. The zero-order chi connectivity index (χ0) is 21.2. The molecule has 0 fully saturated rings. The lowest BCUT2D eigenvalue weighted by molar-refractivity contribution is -0.384. The minimum atomic E-state index is -0.510. The summed E-state index contributed by atoms with van der Waals surface area (Å²) in [6.07, 6.45) is 1.66. The molecule has 0 radical (unpaired) electrons. The number of carbonyl (C=O) groups is 1. The van der Waals surface area contributed by atoms with E-state index in [4.69, 9.17) is 9.94 Å². The fourth-order valence-electron chi connectivity index (χ4n) is 2.33. The van der Waals surface area contributed by atoms with Crippen LogP contribution >= 0.6 is 0 Å². The fraction of sp³-hybridized carbons (Fsp3) is 0.250. The second-order valence-electron chi connectivity index (χ2n) is 5.99. The van der Waals surface area contributed by atoms with Crippen LogP contribution in [-0.4, -0.2) is 40.8 Å². The van der Waals surface area contributed by atoms with E-state index in [2.05, 4.69) is 10.2 Å². The number of rotatable bonds is 9. The zero-order valence-corrected chi connectivity index (χ0v) is 16.2. The Balaban J connectivity index is 2.07. The highest BCUT2D eigenvalue weighted by atomic mass is 16.7. The lowest BCUT2D eigenvalue weighted by Gasteiger charge is -2.18. The molecule has 0 spiro atoms. The van der Waals surface area contributed by atoms with Gasteiger partial charge in [0.2, 0.25) is 0 Å². The van der Waals surface area contributed by atoms with Gasteiger partial charge in [-0.25, -0.2) is 4.79 Å². The van der Waals surface area contributed by atoms with Gasteiger partial charge in [0.15, 0.2) is 5.69 Å². The smallest absolute Gasteiger partial charge is 0.352 e. The number of benzene rings is 2. The lowest BCUT2D eigenvalue weighted by atomic mass is 10.1. The van der Waals surface area contributed by atoms with E-state index >= 15 is 0 Å². The topological polar surface area (TPSA) is 118 Å². The van der Waals surface area contributed by atoms with Crippen molar-refractivity contribution in [2.24, 2.45) is 10.2 Å². The second-order valence-corrected chi connectivity index (χ2v) is 5.99. The summed E-state index contributed by atoms with van der Waals surface area (Å²) < 4.78 is 0. The number of azo groups is 1. The van der Waals surface area contributed by atoms with E-state index in [1.807, 2.05) is 6.92 Å². The highest BCUT2D eigenvalue weighted by molar-refractivity contribution is 5.92. The molecule has 2 aromatic carbocycles. The van der Waals surface area contributed by atoms with Gasteiger partial charge in [-0.2, -0.15) is 5.11 Å². The Hall–Kier alpha value is -3.43. The Morgan fingerprint density at radius 3 is 2.52 bits per heavy atom. The van der Waals surface area contributed by atoms with Crippen molar-refractivity contribution in [3.05, 3.63) is 69.8 Å². The first-order chi connectivity index (χ1) is 13.9. The van der Waals surface area contributed by atoms with Crippen LogP contribution in [0.1, 0.15) is 19.4 Å². The molecule has 0 unspecified atom stereocenters. The van der Waals surface area contributed by atoms with Gasteiger partial charge in [-0.1, -0.05) is 24.3 Å². The number of likely N-dealkylation sites (N-methyl/N-ethyl adjacent to an activating group) is 1. The van der Waals surface area contributed by atoms with Gasteiger partial charge < -0.3 is 9.94 Å². The van der Waals surface area contributed by atoms with E-state index < -0.39 is 10.9 Å². The molecule has 2 rings (SSSR count). The predicted molar refractivity (Wildman–Crippen MR) is 108 cm³/mol. The van der Waals surface area contributed by atoms with E-state index in [1.54, 1.807) is 49.4 Å². The normalized spacial score (nSPS) is 11.8. The van der Waals surface area contributed by atoms with Gasteiger partial charge in [-0.15, -0.1) is 10.2 Å². The van der Waals surface area contributed by atoms with Crippen molar-refractivity contribution in [2.75, 3.05) is 19.7 Å². The summed E-state index contributed by atoms with van der Waals surface area (Å²) in [6.45, 7) is 4.07. The highest BCUT2D eigenvalue weighted by Gasteiger charge is 2.12. The van der Waals surface area contributed by atoms with Crippen molar-refractivity contribution in [3.8, 4) is 0 Å². The van der Waals surface area contributed by atoms with Gasteiger partial charge in [0.05, 0.1) is 23.8 Å². The van der Waals surface area contributed by atoms with Gasteiger partial charge >= 0.3 is 5.97 Å². The standard InChI is InChI=1S/C20H22N4O5/c1-3-23(12-13-25)29-20(26)15(2)14-16-8-10-17(11-9-16)21-22-18-6-4-5-7-19(18)24(27)28/h4-11,14,25H,3,12-13H2,1-2H3. The number of carbonyl (C=O) groups excluding carboxylic acids is 1. The maximum absolute atomic E-state index is 12.1. The summed E-state index contributed by atoms with van der Waals surface area (Å²) in [5.41, 5.74) is 1.72. The zero-order valence-electron chi connectivity index (χ0n) is 16.2. The first-order valence-corrected chi connectivity index (χ1v) is 8.96. The summed E-state index contributed by atoms with van der Waals surface area (Å²) >= 11 is 0. The van der Waals surface area contributed by atoms with Crippen LogP contribution in [0.2, 0.25) is 0 Å². The molecule has 152 valence electrons. The van der Waals surface area contributed by atoms with E-state index in [0.29, 0.717) is 17.8 Å². The summed E-state index contributed by atoms with van der Waals surface area (Å²) in [7, 11) is 0. The summed E-state index contributed by atoms with van der Waals surface area (Å²) in [6, 6.07) is 13.0. The van der Waals surface area contributed by atoms with Gasteiger partial charge in [0.1, 0.15) is 0 Å². The van der Waals surface area contributed by atoms with E-state index in [1.165, 1.54) is 17.2 Å². The first kappa shape index (κ1) is 21.9. The molecule has 0 bridgehead atoms. The van der Waals surface area contributed by atoms with E-state index in [0.717, 1.165) is 5.56 Å². The monoisotopic (exact) mass is 398 g/mol. The van der Waals surface area contributed by atoms with Crippen LogP contribution in [0.25, 0.3) is 6.08 Å². The molecular formula is C20H22N4O5. The third kappa shape index (κ3) is 6.59. The minimum absolute atomic E-state index is 0.105. The second kappa shape index (κ2) is 10.8. The molecule has 0 atom stereocenters. The fourth-order valence-corrected chi connectivity index (χ4v) is 2.33. The molecular weight excluding hydrogens is 376 g/mol. The van der Waals surface area contributed by atoms with Crippen molar-refractivity contribution >= 4 is 29.1 Å². The van der Waals surface area contributed by atoms with Gasteiger partial charge in [-0.3, -0.25) is 10.1 Å². The molecule has 0 saturated carbocycles. The number of para-hydroxylation sites is 1. The highest BCUT2D eigenvalue weighted by Crippen LogP contribution is 2.28. The predicted octanol–water partition coefficient (Wildman–Crippen LogP) is 4.19. The van der Waals surface area contributed by atoms with Crippen LogP contribution < -0.4 is 0 Å². The van der Waals surface area contributed by atoms with Crippen molar-refractivity contribution in [2.45, 2.75) is 13.8 Å². The van der Waals surface area contributed by atoms with Crippen molar-refractivity contribution in [1.82, 2.24) is 5.06 Å². The average molecular weight is 398 g/mol. The third-order valence-electron chi connectivity index (χ3n) is 3.86. The van der Waals surface area contributed by atoms with E-state index in [-0.39, 0.29) is 24.5 Å². The SMILES string of the molecule is CCN(CCO)OC(=O)C(C)=Cc1ccc(N=Nc2ccccc2[N+](=O)[O-])cc1. The maximum Gasteiger partial charge on any atom is 0.352 e. The molecule has 0 saturated heterocycles. The quantitative estimate of drug-likeness (QED) is 0.293. The molecule has 0 aliphatic heterocycles. The largest absolute Gasteiger partial charge is 0.395 e. The third-order valence-corrected chi connectivity index (χ3v) is 3.86. The maximum atomic E-state index is 12.1. The Morgan fingerprint density at radius 1 is 1.21 bits per heavy atom. The van der Waals surface area contributed by atoms with Gasteiger partial charge in [-0.05, 0) is 43.7 Å². The molecule has 2 aromatic rings. The Labute approximate surface area is 168 Å². The van der Waals surface area contributed by atoms with Crippen LogP contribution in [-0.2, 0) is 9.63 Å². The Morgan fingerprint density at radius 2 is 1.90 bits per heavy atom. The number of hydroxylamine groups is 2. The number of hydrogen-bond acceptors (Lipinski definition) is 8. The molecule has 0 aromatic heterocycles. The van der Waals surface area contributed by atoms with Crippen LogP contribution in [0.15, 0.2) is 64.3 Å². The Bertz CT molecular complexity index is 909. The lowest BCUT2D eigenvalue weighted by Crippen LogP contribution is -2.30. The molecule has 9 nitrogen and oxygen atoms in total. The summed E-state index contributed by atoms with van der Waals surface area (Å²) in [5.74, 6) is -0.500. The molecule has 0 aliphatic rings. The number of nitro benzene ring substituents is 1. The molecule has 1 N–H and O–H groups in total. The molecule has 0 amide bonds. The Kier molecular flexibility index (Phi) is 8.13. The van der Waals surface area contributed by atoms with Crippen LogP contribution in [0.4, 0.5) is 17.1 Å². The molecule has 29 heavy (non-hydrogen) atoms. The summed E-state index contributed by atoms with van der Waals surface area (Å²) in [5, 5.41) is 29.3. The number of hydrogen-bond donors (Lipinski definition) is 1. The van der Waals surface area contributed by atoms with Crippen LogP contribution in [0.3, 0.4) is 0 Å². The minimum Gasteiger partial charge on any atom is -0.395 e. The number of aliphatic hydroxyl groups is 1. The van der Waals surface area contributed by atoms with Crippen LogP contribution in [0, 0.1) is 10.1 Å². The van der Waals surface area contributed by atoms with E-state index in [9.17, 15) is 14.9 Å². The molecule has 9 heteroatoms. The number of aliphatic hydroxyl groups excluding tert-OH is 1. The molecule has 0 heterocycles. The number of nitro groups is 1. The number of nitrogens with zero attached hydrogens (tertiary/aromatic N) is 4. The van der Waals surface area contributed by atoms with Crippen molar-refractivity contribution in [1.29, 1.82) is 0 Å². The van der Waals surface area contributed by atoms with Gasteiger partial charge in [0, 0.05) is 18.2 Å². The summed E-state index contributed by atoms with van der Waals surface area (Å²) in [4.78, 5) is 27.8. The average Bonchev–Trinajstić information content (AvgIpc) is 2.72.